The van der Waals surface area contributed by atoms with Crippen molar-refractivity contribution in [1.82, 2.24) is 10.3 Å². The number of carbonyl (C=O) groups excluding carboxylic acids is 2. The first kappa shape index (κ1) is 24.9. The second-order valence-electron chi connectivity index (χ2n) is 8.12. The number of ketones is 1. The summed E-state index contributed by atoms with van der Waals surface area (Å²) < 4.78 is 6.00. The largest absolute Gasteiger partial charge is 0.439 e. The van der Waals surface area contributed by atoms with Crippen LogP contribution in [0.5, 0.6) is 11.6 Å². The van der Waals surface area contributed by atoms with Crippen LogP contribution in [-0.4, -0.2) is 28.2 Å². The summed E-state index contributed by atoms with van der Waals surface area (Å²) in [5.74, 6) is 0.481. The second kappa shape index (κ2) is 10.7. The van der Waals surface area contributed by atoms with E-state index in [2.05, 4.69) is 5.32 Å². The van der Waals surface area contributed by atoms with E-state index in [0.717, 1.165) is 10.5 Å². The van der Waals surface area contributed by atoms with Gasteiger partial charge >= 0.3 is 0 Å². The maximum atomic E-state index is 13.5. The Morgan fingerprint density at radius 1 is 1.06 bits per heavy atom. The van der Waals surface area contributed by atoms with E-state index < -0.39 is 10.8 Å². The first-order valence-corrected chi connectivity index (χ1v) is 14.5. The molecule has 0 aliphatic carbocycles. The molecule has 1 N–H and O–H groups in total. The van der Waals surface area contributed by atoms with Crippen molar-refractivity contribution in [2.45, 2.75) is 27.0 Å². The maximum Gasteiger partial charge on any atom is 0.242 e. The van der Waals surface area contributed by atoms with Gasteiger partial charge in [-0.2, -0.15) is 11.3 Å². The number of rotatable bonds is 7. The van der Waals surface area contributed by atoms with Gasteiger partial charge in [0, 0.05) is 22.3 Å². The number of carbonyl (C=O) groups is 2. The van der Waals surface area contributed by atoms with E-state index in [-0.39, 0.29) is 18.1 Å². The van der Waals surface area contributed by atoms with Crippen LogP contribution in [0.4, 0.5) is 0 Å². The van der Waals surface area contributed by atoms with E-state index in [1.807, 2.05) is 77.7 Å². The highest BCUT2D eigenvalue weighted by atomic mass is 35.5. The first-order valence-electron chi connectivity index (χ1n) is 11.1. The van der Waals surface area contributed by atoms with Gasteiger partial charge in [0.2, 0.25) is 11.8 Å². The summed E-state index contributed by atoms with van der Waals surface area (Å²) >= 11 is 10.6. The molecule has 0 saturated carbocycles. The summed E-state index contributed by atoms with van der Waals surface area (Å²) in [6.07, 6.45) is 2.08. The molecule has 4 aromatic rings. The smallest absolute Gasteiger partial charge is 0.242 e. The Labute approximate surface area is 226 Å². The van der Waals surface area contributed by atoms with Crippen molar-refractivity contribution in [2.75, 3.05) is 6.26 Å². The van der Waals surface area contributed by atoms with Gasteiger partial charge in [0.25, 0.3) is 0 Å². The highest BCUT2D eigenvalue weighted by molar-refractivity contribution is 8.01. The van der Waals surface area contributed by atoms with Crippen molar-refractivity contribution in [2.24, 2.45) is 0 Å². The second-order valence-corrected chi connectivity index (χ2v) is 11.3. The van der Waals surface area contributed by atoms with Gasteiger partial charge in [-0.3, -0.25) is 9.59 Å². The third kappa shape index (κ3) is 5.04. The number of hydrogen-bond donors (Lipinski definition) is 1. The number of nitrogens with one attached hydrogen (secondary N) is 1. The number of aromatic nitrogens is 1. The minimum Gasteiger partial charge on any atom is -0.439 e. The minimum atomic E-state index is -1.09. The molecule has 1 aliphatic rings. The molecule has 5 nitrogen and oxygen atoms in total. The number of benzene rings is 2. The fourth-order valence-corrected chi connectivity index (χ4v) is 6.44. The highest BCUT2D eigenvalue weighted by Crippen LogP contribution is 2.41. The fourth-order valence-electron chi connectivity index (χ4n) is 4.06. The van der Waals surface area contributed by atoms with Gasteiger partial charge in [0.15, 0.2) is 5.78 Å². The van der Waals surface area contributed by atoms with Crippen molar-refractivity contribution in [3.63, 3.8) is 0 Å². The third-order valence-corrected chi connectivity index (χ3v) is 9.04. The van der Waals surface area contributed by atoms with Crippen LogP contribution < -0.4 is 10.1 Å². The molecular weight excluding hydrogens is 532 g/mol. The molecule has 1 aliphatic heterocycles. The van der Waals surface area contributed by atoms with Gasteiger partial charge in [0.05, 0.1) is 10.7 Å². The summed E-state index contributed by atoms with van der Waals surface area (Å²) in [7, 11) is 0. The average molecular weight is 553 g/mol. The topological polar surface area (TPSA) is 68.3 Å². The fraction of sp³-hybridized carbons (Fsp3) is 0.148. The van der Waals surface area contributed by atoms with Crippen LogP contribution >= 0.6 is 46.5 Å². The molecule has 3 heterocycles. The van der Waals surface area contributed by atoms with Crippen LogP contribution in [0.1, 0.15) is 17.7 Å². The lowest BCUT2D eigenvalue weighted by atomic mass is 9.79. The SMILES string of the molecule is CSc1ccc(Oc2cccc(C3(c4ccsc4)CC(=O)C(Sc4ccccc4Cl)C(=O)N3)n2)cc1. The number of hydrogen-bond acceptors (Lipinski definition) is 7. The number of thioether (sulfide) groups is 2. The normalized spacial score (nSPS) is 19.7. The van der Waals surface area contributed by atoms with Gasteiger partial charge in [-0.15, -0.1) is 23.5 Å². The number of nitrogens with zero attached hydrogens (tertiary/aromatic N) is 1. The molecule has 36 heavy (non-hydrogen) atoms. The lowest BCUT2D eigenvalue weighted by molar-refractivity contribution is -0.133. The standard InChI is InChI=1S/C27H21ClN2O3S3/c1-34-19-11-9-18(10-12-19)33-24-8-4-7-23(29-24)27(17-13-14-35-16-17)15-21(31)25(26(32)30-27)36-22-6-3-2-5-20(22)28/h2-14,16,25H,15H2,1H3,(H,30,32). The van der Waals surface area contributed by atoms with E-state index in [9.17, 15) is 9.59 Å². The molecule has 9 heteroatoms. The quantitative estimate of drug-likeness (QED) is 0.201. The Hall–Kier alpha value is -2.78. The molecule has 182 valence electrons. The van der Waals surface area contributed by atoms with Crippen LogP contribution in [0.15, 0.2) is 93.3 Å². The van der Waals surface area contributed by atoms with E-state index >= 15 is 0 Å². The van der Waals surface area contributed by atoms with Crippen molar-refractivity contribution in [1.29, 1.82) is 0 Å². The molecule has 2 atom stereocenters. The number of Topliss-reactive ketones (excluding diaryl/α,β-unsaturated/α-hetero) is 1. The third-order valence-electron chi connectivity index (χ3n) is 5.84. The van der Waals surface area contributed by atoms with Crippen molar-refractivity contribution in [3.8, 4) is 11.6 Å². The molecule has 1 fully saturated rings. The number of ether oxygens (including phenoxy) is 1. The van der Waals surface area contributed by atoms with Gasteiger partial charge in [-0.05, 0) is 71.1 Å². The summed E-state index contributed by atoms with van der Waals surface area (Å²) in [5.41, 5.74) is 0.264. The zero-order valence-electron chi connectivity index (χ0n) is 19.1. The van der Waals surface area contributed by atoms with Crippen LogP contribution in [0.2, 0.25) is 5.02 Å². The molecular formula is C27H21ClN2O3S3. The van der Waals surface area contributed by atoms with Crippen LogP contribution in [0, 0.1) is 0 Å². The lowest BCUT2D eigenvalue weighted by Gasteiger charge is -2.39. The monoisotopic (exact) mass is 552 g/mol. The molecule has 5 rings (SSSR count). The van der Waals surface area contributed by atoms with Crippen molar-refractivity contribution >= 4 is 58.2 Å². The molecule has 0 spiro atoms. The predicted molar refractivity (Wildman–Crippen MR) is 146 cm³/mol. The molecule has 0 radical (unpaired) electrons. The molecule has 1 amide bonds. The van der Waals surface area contributed by atoms with Crippen LogP contribution in [0.3, 0.4) is 0 Å². The van der Waals surface area contributed by atoms with E-state index in [1.165, 1.54) is 23.1 Å². The first-order chi connectivity index (χ1) is 17.5. The Morgan fingerprint density at radius 3 is 2.56 bits per heavy atom. The summed E-state index contributed by atoms with van der Waals surface area (Å²) in [4.78, 5) is 33.4. The van der Waals surface area contributed by atoms with E-state index in [4.69, 9.17) is 21.3 Å². The summed E-state index contributed by atoms with van der Waals surface area (Å²) in [6, 6.07) is 22.2. The zero-order chi connectivity index (χ0) is 25.1. The van der Waals surface area contributed by atoms with Crippen LogP contribution in [-0.2, 0) is 15.1 Å². The molecule has 2 aromatic heterocycles. The maximum absolute atomic E-state index is 13.5. The number of piperidine rings is 1. The highest BCUT2D eigenvalue weighted by Gasteiger charge is 2.48. The van der Waals surface area contributed by atoms with Gasteiger partial charge in [-0.1, -0.05) is 29.8 Å². The molecule has 2 unspecified atom stereocenters. The van der Waals surface area contributed by atoms with Gasteiger partial charge in [0.1, 0.15) is 16.5 Å². The predicted octanol–water partition coefficient (Wildman–Crippen LogP) is 6.80. The van der Waals surface area contributed by atoms with Crippen molar-refractivity contribution < 1.29 is 14.3 Å². The van der Waals surface area contributed by atoms with E-state index in [0.29, 0.717) is 27.2 Å². The summed E-state index contributed by atoms with van der Waals surface area (Å²) in [6.45, 7) is 0. The number of pyridine rings is 1. The van der Waals surface area contributed by atoms with Crippen LogP contribution in [0.25, 0.3) is 0 Å². The van der Waals surface area contributed by atoms with Gasteiger partial charge < -0.3 is 10.1 Å². The minimum absolute atomic E-state index is 0.0659. The van der Waals surface area contributed by atoms with Crippen molar-refractivity contribution in [3.05, 3.63) is 99.8 Å². The van der Waals surface area contributed by atoms with Gasteiger partial charge in [-0.25, -0.2) is 4.98 Å². The Kier molecular flexibility index (Phi) is 7.39. The molecule has 1 saturated heterocycles. The number of amides is 1. The Bertz CT molecular complexity index is 1380. The lowest BCUT2D eigenvalue weighted by Crippen LogP contribution is -2.58. The Morgan fingerprint density at radius 2 is 1.86 bits per heavy atom. The average Bonchev–Trinajstić information content (AvgIpc) is 3.44. The number of halogens is 1. The molecule has 0 bridgehead atoms. The molecule has 2 aromatic carbocycles. The Balaban J connectivity index is 1.46. The number of thiophene rings is 1. The van der Waals surface area contributed by atoms with E-state index in [1.54, 1.807) is 23.9 Å². The zero-order valence-corrected chi connectivity index (χ0v) is 22.3. The summed E-state index contributed by atoms with van der Waals surface area (Å²) in [5, 5.41) is 6.61.